The summed E-state index contributed by atoms with van der Waals surface area (Å²) in [7, 11) is 0. The topological polar surface area (TPSA) is 29.5 Å². The number of nitrogens with zero attached hydrogens (tertiary/aromatic N) is 1. The molecule has 0 N–H and O–H groups in total. The molecule has 3 nitrogen and oxygen atoms in total. The van der Waals surface area contributed by atoms with Crippen molar-refractivity contribution < 1.29 is 13.9 Å². The minimum atomic E-state index is -0.346. The lowest BCUT2D eigenvalue weighted by molar-refractivity contribution is -0.119. The van der Waals surface area contributed by atoms with E-state index in [1.165, 1.54) is 6.07 Å². The highest BCUT2D eigenvalue weighted by molar-refractivity contribution is 5.81. The molecule has 0 atom stereocenters. The summed E-state index contributed by atoms with van der Waals surface area (Å²) in [5.74, 6) is 0.221. The van der Waals surface area contributed by atoms with Gasteiger partial charge in [0.15, 0.2) is 11.6 Å². The van der Waals surface area contributed by atoms with Crippen LogP contribution in [0.15, 0.2) is 18.2 Å². The summed E-state index contributed by atoms with van der Waals surface area (Å²) >= 11 is 0. The zero-order chi connectivity index (χ0) is 12.3. The smallest absolute Gasteiger partial charge is 0.167 e. The average molecular weight is 237 g/mol. The van der Waals surface area contributed by atoms with Gasteiger partial charge in [-0.05, 0) is 19.1 Å². The molecule has 17 heavy (non-hydrogen) atoms. The predicted molar refractivity (Wildman–Crippen MR) is 64.0 cm³/mol. The summed E-state index contributed by atoms with van der Waals surface area (Å²) in [6, 6.07) is 4.95. The number of hydrogen-bond acceptors (Lipinski definition) is 3. The van der Waals surface area contributed by atoms with Gasteiger partial charge in [-0.25, -0.2) is 4.39 Å². The Morgan fingerprint density at radius 1 is 1.35 bits per heavy atom. The number of benzene rings is 1. The van der Waals surface area contributed by atoms with Crippen LogP contribution >= 0.6 is 0 Å². The van der Waals surface area contributed by atoms with E-state index in [4.69, 9.17) is 4.74 Å². The van der Waals surface area contributed by atoms with Gasteiger partial charge in [-0.2, -0.15) is 0 Å². The minimum Gasteiger partial charge on any atom is -0.491 e. The van der Waals surface area contributed by atoms with Crippen LogP contribution in [0, 0.1) is 5.82 Å². The Bertz CT molecular complexity index is 410. The Hall–Kier alpha value is -1.58. The molecule has 0 saturated carbocycles. The highest BCUT2D eigenvalue weighted by atomic mass is 19.1. The van der Waals surface area contributed by atoms with E-state index < -0.39 is 0 Å². The molecule has 1 aliphatic rings. The molecule has 0 amide bonds. The monoisotopic (exact) mass is 237 g/mol. The van der Waals surface area contributed by atoms with Gasteiger partial charge in [0.2, 0.25) is 0 Å². The maximum atomic E-state index is 13.7. The van der Waals surface area contributed by atoms with Crippen molar-refractivity contribution in [2.75, 3.05) is 24.6 Å². The first-order chi connectivity index (χ1) is 8.20. The van der Waals surface area contributed by atoms with Gasteiger partial charge >= 0.3 is 0 Å². The third-order valence-corrected chi connectivity index (χ3v) is 2.90. The lowest BCUT2D eigenvalue weighted by Crippen LogP contribution is -2.33. The molecule has 2 rings (SSSR count). The molecule has 1 fully saturated rings. The summed E-state index contributed by atoms with van der Waals surface area (Å²) in [6.07, 6.45) is 1.10. The second-order valence-corrected chi connectivity index (χ2v) is 4.07. The summed E-state index contributed by atoms with van der Waals surface area (Å²) in [4.78, 5) is 13.2. The van der Waals surface area contributed by atoms with Crippen LogP contribution in [0.5, 0.6) is 5.75 Å². The van der Waals surface area contributed by atoms with Crippen LogP contribution in [0.3, 0.4) is 0 Å². The van der Waals surface area contributed by atoms with Gasteiger partial charge < -0.3 is 9.64 Å². The van der Waals surface area contributed by atoms with Gasteiger partial charge in [-0.3, -0.25) is 4.79 Å². The third-order valence-electron chi connectivity index (χ3n) is 2.90. The van der Waals surface area contributed by atoms with Crippen LogP contribution in [0.2, 0.25) is 0 Å². The Morgan fingerprint density at radius 3 is 2.65 bits per heavy atom. The number of ketones is 1. The van der Waals surface area contributed by atoms with Gasteiger partial charge in [0.1, 0.15) is 5.78 Å². The zero-order valence-corrected chi connectivity index (χ0v) is 9.91. The van der Waals surface area contributed by atoms with E-state index in [1.54, 1.807) is 6.07 Å². The molecule has 0 aliphatic carbocycles. The zero-order valence-electron chi connectivity index (χ0n) is 9.91. The largest absolute Gasteiger partial charge is 0.491 e. The van der Waals surface area contributed by atoms with Crippen LogP contribution < -0.4 is 9.64 Å². The summed E-state index contributed by atoms with van der Waals surface area (Å²) < 4.78 is 18.8. The molecule has 0 bridgehead atoms. The first-order valence-electron chi connectivity index (χ1n) is 5.89. The molecule has 92 valence electrons. The van der Waals surface area contributed by atoms with Crippen molar-refractivity contribution >= 4 is 11.5 Å². The van der Waals surface area contributed by atoms with Crippen molar-refractivity contribution in [1.29, 1.82) is 0 Å². The van der Waals surface area contributed by atoms with Gasteiger partial charge in [-0.15, -0.1) is 0 Å². The molecule has 1 saturated heterocycles. The number of anilines is 1. The molecule has 0 unspecified atom stereocenters. The number of carbonyl (C=O) groups excluding carboxylic acids is 1. The molecule has 1 heterocycles. The standard InChI is InChI=1S/C13H16FNO2/c1-2-17-13-4-3-10(9-12(13)14)15-7-5-11(16)6-8-15/h3-4,9H,2,5-8H2,1H3. The van der Waals surface area contributed by atoms with Gasteiger partial charge in [-0.1, -0.05) is 0 Å². The number of Topliss-reactive ketones (excluding diaryl/α,β-unsaturated/α-hetero) is 1. The van der Waals surface area contributed by atoms with Crippen LogP contribution in [0.4, 0.5) is 10.1 Å². The van der Waals surface area contributed by atoms with E-state index >= 15 is 0 Å². The van der Waals surface area contributed by atoms with Gasteiger partial charge in [0.05, 0.1) is 6.61 Å². The molecule has 1 aromatic rings. The Kier molecular flexibility index (Phi) is 3.61. The van der Waals surface area contributed by atoms with E-state index in [9.17, 15) is 9.18 Å². The second-order valence-electron chi connectivity index (χ2n) is 4.07. The number of rotatable bonds is 3. The number of ether oxygens (including phenoxy) is 1. The summed E-state index contributed by atoms with van der Waals surface area (Å²) in [5, 5.41) is 0. The van der Waals surface area contributed by atoms with E-state index in [1.807, 2.05) is 17.9 Å². The lowest BCUT2D eigenvalue weighted by Gasteiger charge is -2.28. The summed E-state index contributed by atoms with van der Waals surface area (Å²) in [6.45, 7) is 3.62. The Balaban J connectivity index is 2.11. The Morgan fingerprint density at radius 2 is 2.06 bits per heavy atom. The van der Waals surface area contributed by atoms with Crippen molar-refractivity contribution in [1.82, 2.24) is 0 Å². The SMILES string of the molecule is CCOc1ccc(N2CCC(=O)CC2)cc1F. The maximum absolute atomic E-state index is 13.7. The normalized spacial score (nSPS) is 16.1. The number of carbonyl (C=O) groups is 1. The van der Waals surface area contributed by atoms with E-state index in [0.717, 1.165) is 5.69 Å². The third kappa shape index (κ3) is 2.75. The number of piperidine rings is 1. The number of hydrogen-bond donors (Lipinski definition) is 0. The molecule has 1 aliphatic heterocycles. The average Bonchev–Trinajstić information content (AvgIpc) is 2.33. The molecule has 0 spiro atoms. The molecule has 4 heteroatoms. The minimum absolute atomic E-state index is 0.282. The molecular formula is C13H16FNO2. The fourth-order valence-corrected chi connectivity index (χ4v) is 1.97. The maximum Gasteiger partial charge on any atom is 0.167 e. The van der Waals surface area contributed by atoms with E-state index in [0.29, 0.717) is 32.5 Å². The van der Waals surface area contributed by atoms with E-state index in [2.05, 4.69) is 0 Å². The van der Waals surface area contributed by atoms with Crippen molar-refractivity contribution in [2.24, 2.45) is 0 Å². The van der Waals surface area contributed by atoms with Crippen LogP contribution in [0.1, 0.15) is 19.8 Å². The Labute approximate surface area is 100 Å². The van der Waals surface area contributed by atoms with Crippen molar-refractivity contribution in [3.05, 3.63) is 24.0 Å². The fourth-order valence-electron chi connectivity index (χ4n) is 1.97. The lowest BCUT2D eigenvalue weighted by atomic mass is 10.1. The highest BCUT2D eigenvalue weighted by Crippen LogP contribution is 2.25. The fraction of sp³-hybridized carbons (Fsp3) is 0.462. The van der Waals surface area contributed by atoms with Crippen molar-refractivity contribution in [3.63, 3.8) is 0 Å². The quantitative estimate of drug-likeness (QED) is 0.808. The first-order valence-corrected chi connectivity index (χ1v) is 5.89. The molecule has 0 radical (unpaired) electrons. The van der Waals surface area contributed by atoms with Crippen LogP contribution in [0.25, 0.3) is 0 Å². The second kappa shape index (κ2) is 5.17. The van der Waals surface area contributed by atoms with Crippen LogP contribution in [-0.4, -0.2) is 25.5 Å². The molecule has 1 aromatic carbocycles. The van der Waals surface area contributed by atoms with Crippen LogP contribution in [-0.2, 0) is 4.79 Å². The highest BCUT2D eigenvalue weighted by Gasteiger charge is 2.17. The predicted octanol–water partition coefficient (Wildman–Crippen LogP) is 2.39. The molecular weight excluding hydrogens is 221 g/mol. The number of halogens is 1. The van der Waals surface area contributed by atoms with Crippen molar-refractivity contribution in [2.45, 2.75) is 19.8 Å². The van der Waals surface area contributed by atoms with E-state index in [-0.39, 0.29) is 17.3 Å². The van der Waals surface area contributed by atoms with Gasteiger partial charge in [0, 0.05) is 37.7 Å². The van der Waals surface area contributed by atoms with Gasteiger partial charge in [0.25, 0.3) is 0 Å². The van der Waals surface area contributed by atoms with Crippen molar-refractivity contribution in [3.8, 4) is 5.75 Å². The summed E-state index contributed by atoms with van der Waals surface area (Å²) in [5.41, 5.74) is 0.818. The molecule has 0 aromatic heterocycles. The first kappa shape index (κ1) is 11.9.